The van der Waals surface area contributed by atoms with E-state index in [9.17, 15) is 18.8 Å². The second-order valence-corrected chi connectivity index (χ2v) is 7.29. The fourth-order valence-corrected chi connectivity index (χ4v) is 3.21. The Morgan fingerprint density at radius 3 is 2.23 bits per heavy atom. The third-order valence-electron chi connectivity index (χ3n) is 4.51. The second kappa shape index (κ2) is 9.78. The first kappa shape index (κ1) is 22.6. The molecular formula is C22H22ClFN2O5. The van der Waals surface area contributed by atoms with E-state index in [2.05, 4.69) is 0 Å². The molecule has 4 amide bonds. The minimum absolute atomic E-state index is 0.0548. The molecule has 0 bridgehead atoms. The molecule has 0 N–H and O–H groups in total. The number of carbonyl (C=O) groups is 3. The molecule has 164 valence electrons. The van der Waals surface area contributed by atoms with Gasteiger partial charge >= 0.3 is 17.8 Å². The van der Waals surface area contributed by atoms with E-state index >= 15 is 0 Å². The smallest absolute Gasteiger partial charge is 0.339 e. The summed E-state index contributed by atoms with van der Waals surface area (Å²) in [5.74, 6) is -1.67. The highest BCUT2D eigenvalue weighted by atomic mass is 35.5. The van der Waals surface area contributed by atoms with Crippen molar-refractivity contribution in [2.75, 3.05) is 18.1 Å². The topological polar surface area (TPSA) is 76.2 Å². The van der Waals surface area contributed by atoms with E-state index < -0.39 is 23.7 Å². The van der Waals surface area contributed by atoms with Gasteiger partial charge in [0.2, 0.25) is 0 Å². The molecule has 2 aromatic carbocycles. The molecule has 2 aromatic rings. The first-order valence-corrected chi connectivity index (χ1v) is 10.3. The van der Waals surface area contributed by atoms with Gasteiger partial charge in [-0.25, -0.2) is 14.1 Å². The fourth-order valence-electron chi connectivity index (χ4n) is 2.98. The van der Waals surface area contributed by atoms with Crippen molar-refractivity contribution in [2.24, 2.45) is 0 Å². The average molecular weight is 449 g/mol. The Balaban J connectivity index is 1.89. The number of ether oxygens (including phenoxy) is 2. The molecule has 31 heavy (non-hydrogen) atoms. The van der Waals surface area contributed by atoms with E-state index in [4.69, 9.17) is 21.1 Å². The van der Waals surface area contributed by atoms with Crippen molar-refractivity contribution >= 4 is 35.1 Å². The maximum absolute atomic E-state index is 13.3. The molecule has 0 aromatic heterocycles. The van der Waals surface area contributed by atoms with Gasteiger partial charge in [0.15, 0.2) is 11.5 Å². The molecule has 0 aliphatic carbocycles. The van der Waals surface area contributed by atoms with Gasteiger partial charge in [-0.3, -0.25) is 14.5 Å². The summed E-state index contributed by atoms with van der Waals surface area (Å²) in [6.07, 6.45) is 1.55. The molecule has 3 rings (SSSR count). The van der Waals surface area contributed by atoms with E-state index in [0.29, 0.717) is 30.3 Å². The van der Waals surface area contributed by atoms with Gasteiger partial charge in [-0.1, -0.05) is 31.5 Å². The summed E-state index contributed by atoms with van der Waals surface area (Å²) >= 11 is 6.00. The van der Waals surface area contributed by atoms with Gasteiger partial charge in [0.1, 0.15) is 5.82 Å². The molecule has 0 saturated carbocycles. The fraction of sp³-hybridized carbons (Fsp3) is 0.318. The number of carbonyl (C=O) groups excluding carboxylic acids is 3. The van der Waals surface area contributed by atoms with Gasteiger partial charge in [0, 0.05) is 11.1 Å². The number of anilines is 1. The number of imide groups is 2. The van der Waals surface area contributed by atoms with Gasteiger partial charge in [-0.2, -0.15) is 0 Å². The lowest BCUT2D eigenvalue weighted by Crippen LogP contribution is -2.33. The third kappa shape index (κ3) is 4.80. The summed E-state index contributed by atoms with van der Waals surface area (Å²) in [6.45, 7) is 4.56. The molecule has 9 heteroatoms. The summed E-state index contributed by atoms with van der Waals surface area (Å²) in [5.41, 5.74) is 0.528. The van der Waals surface area contributed by atoms with Gasteiger partial charge in [0.05, 0.1) is 25.4 Å². The Morgan fingerprint density at radius 1 is 0.903 bits per heavy atom. The lowest BCUT2D eigenvalue weighted by molar-refractivity contribution is -0.139. The minimum Gasteiger partial charge on any atom is -0.490 e. The van der Waals surface area contributed by atoms with Crippen LogP contribution in [0.5, 0.6) is 11.5 Å². The van der Waals surface area contributed by atoms with Crippen molar-refractivity contribution in [1.29, 1.82) is 0 Å². The van der Waals surface area contributed by atoms with E-state index in [1.807, 2.05) is 13.8 Å². The van der Waals surface area contributed by atoms with Crippen LogP contribution in [0.25, 0.3) is 0 Å². The van der Waals surface area contributed by atoms with Crippen LogP contribution in [0.1, 0.15) is 32.3 Å². The van der Waals surface area contributed by atoms with Crippen molar-refractivity contribution in [3.63, 3.8) is 0 Å². The number of hydrogen-bond acceptors (Lipinski definition) is 5. The van der Waals surface area contributed by atoms with Crippen molar-refractivity contribution in [1.82, 2.24) is 4.90 Å². The quantitative estimate of drug-likeness (QED) is 0.415. The number of amides is 4. The van der Waals surface area contributed by atoms with Crippen LogP contribution in [-0.4, -0.2) is 36.0 Å². The summed E-state index contributed by atoms with van der Waals surface area (Å²) < 4.78 is 24.6. The summed E-state index contributed by atoms with van der Waals surface area (Å²) in [4.78, 5) is 39.5. The van der Waals surface area contributed by atoms with Crippen LogP contribution >= 0.6 is 11.6 Å². The number of urea groups is 1. The number of rotatable bonds is 9. The number of hydrogen-bond donors (Lipinski definition) is 0. The molecular weight excluding hydrogens is 427 g/mol. The van der Waals surface area contributed by atoms with Crippen LogP contribution in [-0.2, 0) is 16.1 Å². The highest BCUT2D eigenvalue weighted by Gasteiger charge is 2.45. The zero-order valence-corrected chi connectivity index (χ0v) is 17.9. The van der Waals surface area contributed by atoms with Gasteiger partial charge in [-0.05, 0) is 42.7 Å². The zero-order valence-electron chi connectivity index (χ0n) is 17.2. The van der Waals surface area contributed by atoms with Crippen LogP contribution < -0.4 is 14.4 Å². The van der Waals surface area contributed by atoms with Crippen LogP contribution in [0.3, 0.4) is 0 Å². The van der Waals surface area contributed by atoms with E-state index in [0.717, 1.165) is 34.8 Å². The molecule has 0 unspecified atom stereocenters. The predicted molar refractivity (Wildman–Crippen MR) is 113 cm³/mol. The molecule has 1 heterocycles. The van der Waals surface area contributed by atoms with Crippen LogP contribution in [0.15, 0.2) is 36.4 Å². The van der Waals surface area contributed by atoms with Gasteiger partial charge in [-0.15, -0.1) is 0 Å². The van der Waals surface area contributed by atoms with Crippen molar-refractivity contribution < 1.29 is 28.2 Å². The predicted octanol–water partition coefficient (Wildman–Crippen LogP) is 4.55. The largest absolute Gasteiger partial charge is 0.490 e. The maximum Gasteiger partial charge on any atom is 0.339 e. The summed E-state index contributed by atoms with van der Waals surface area (Å²) in [5, 5.41) is 0.0548. The van der Waals surface area contributed by atoms with E-state index in [-0.39, 0.29) is 17.3 Å². The molecule has 1 saturated heterocycles. The minimum atomic E-state index is -0.994. The van der Waals surface area contributed by atoms with Crippen LogP contribution in [0.2, 0.25) is 5.02 Å². The van der Waals surface area contributed by atoms with E-state index in [1.165, 1.54) is 18.2 Å². The van der Waals surface area contributed by atoms with Crippen molar-refractivity contribution in [3.8, 4) is 11.5 Å². The molecule has 0 spiro atoms. The number of halogens is 2. The molecule has 0 radical (unpaired) electrons. The lowest BCUT2D eigenvalue weighted by atomic mass is 10.2. The monoisotopic (exact) mass is 448 g/mol. The highest BCUT2D eigenvalue weighted by Crippen LogP contribution is 2.34. The number of nitrogens with zero attached hydrogens (tertiary/aromatic N) is 2. The Morgan fingerprint density at radius 2 is 1.58 bits per heavy atom. The van der Waals surface area contributed by atoms with E-state index in [1.54, 1.807) is 6.07 Å². The standard InChI is InChI=1S/C22H22ClFN2O5/c1-3-9-30-18-8-7-16(12-19(18)31-10-4-2)26-21(28)20(27)25(22(26)29)13-14-5-6-15(24)11-17(14)23/h5-8,11-12H,3-4,9-10,13H2,1-2H3. The highest BCUT2D eigenvalue weighted by molar-refractivity contribution is 6.52. The normalized spacial score (nSPS) is 13.9. The second-order valence-electron chi connectivity index (χ2n) is 6.88. The molecule has 0 atom stereocenters. The first-order valence-electron chi connectivity index (χ1n) is 9.90. The molecule has 1 aliphatic rings. The van der Waals surface area contributed by atoms with Crippen LogP contribution in [0.4, 0.5) is 14.9 Å². The van der Waals surface area contributed by atoms with Crippen molar-refractivity contribution in [3.05, 3.63) is 52.8 Å². The Bertz CT molecular complexity index is 1010. The third-order valence-corrected chi connectivity index (χ3v) is 4.86. The molecule has 7 nitrogen and oxygen atoms in total. The number of benzene rings is 2. The van der Waals surface area contributed by atoms with Crippen molar-refractivity contribution in [2.45, 2.75) is 33.2 Å². The first-order chi connectivity index (χ1) is 14.9. The van der Waals surface area contributed by atoms with Crippen LogP contribution in [0, 0.1) is 5.82 Å². The molecule has 1 aliphatic heterocycles. The van der Waals surface area contributed by atoms with Gasteiger partial charge < -0.3 is 9.47 Å². The Kier molecular flexibility index (Phi) is 7.12. The molecule has 1 fully saturated rings. The zero-order chi connectivity index (χ0) is 22.5. The Labute approximate surface area is 184 Å². The SMILES string of the molecule is CCCOc1ccc(N2C(=O)C(=O)N(Cc3ccc(F)cc3Cl)C2=O)cc1OCCC. The summed E-state index contributed by atoms with van der Waals surface area (Å²) in [7, 11) is 0. The maximum atomic E-state index is 13.3. The van der Waals surface area contributed by atoms with Gasteiger partial charge in [0.25, 0.3) is 0 Å². The average Bonchev–Trinajstić information content (AvgIpc) is 2.96. The Hall–Kier alpha value is -3.13. The lowest BCUT2D eigenvalue weighted by Gasteiger charge is -2.18. The summed E-state index contributed by atoms with van der Waals surface area (Å²) in [6, 6.07) is 7.40.